The molecule has 0 saturated heterocycles. The molecule has 2 aromatic carbocycles. The van der Waals surface area contributed by atoms with Crippen LogP contribution in [-0.4, -0.2) is 12.8 Å². The van der Waals surface area contributed by atoms with Gasteiger partial charge in [-0.1, -0.05) is 18.2 Å². The SMILES string of the molecule is c1ccc2c(c1)NC(=NCc1ccc3c(c1)OCO3)NS2. The molecule has 4 rings (SSSR count). The summed E-state index contributed by atoms with van der Waals surface area (Å²) in [4.78, 5) is 5.72. The first-order valence-electron chi connectivity index (χ1n) is 6.60. The minimum Gasteiger partial charge on any atom is -0.454 e. The van der Waals surface area contributed by atoms with Gasteiger partial charge in [-0.25, -0.2) is 4.99 Å². The van der Waals surface area contributed by atoms with E-state index in [1.54, 1.807) is 11.9 Å². The smallest absolute Gasteiger partial charge is 0.231 e. The van der Waals surface area contributed by atoms with Gasteiger partial charge in [0.1, 0.15) is 0 Å². The van der Waals surface area contributed by atoms with E-state index in [4.69, 9.17) is 9.47 Å². The molecule has 0 amide bonds. The van der Waals surface area contributed by atoms with Crippen molar-refractivity contribution >= 4 is 23.6 Å². The molecule has 0 unspecified atom stereocenters. The topological polar surface area (TPSA) is 54.9 Å². The number of hydrogen-bond acceptors (Lipinski definition) is 4. The maximum atomic E-state index is 5.37. The largest absolute Gasteiger partial charge is 0.454 e. The number of hydrogen-bond donors (Lipinski definition) is 2. The second-order valence-corrected chi connectivity index (χ2v) is 5.53. The molecule has 0 bridgehead atoms. The fraction of sp³-hybridized carbons (Fsp3) is 0.133. The highest BCUT2D eigenvalue weighted by Gasteiger charge is 2.14. The number of anilines is 1. The summed E-state index contributed by atoms with van der Waals surface area (Å²) in [5, 5.41) is 3.28. The molecule has 5 nitrogen and oxygen atoms in total. The van der Waals surface area contributed by atoms with E-state index in [1.165, 1.54) is 4.90 Å². The Balaban J connectivity index is 1.49. The Kier molecular flexibility index (Phi) is 3.08. The third kappa shape index (κ3) is 2.50. The van der Waals surface area contributed by atoms with E-state index >= 15 is 0 Å². The number of guanidine groups is 1. The van der Waals surface area contributed by atoms with Crippen molar-refractivity contribution < 1.29 is 9.47 Å². The summed E-state index contributed by atoms with van der Waals surface area (Å²) >= 11 is 1.56. The summed E-state index contributed by atoms with van der Waals surface area (Å²) in [7, 11) is 0. The number of nitrogens with one attached hydrogen (secondary N) is 2. The van der Waals surface area contributed by atoms with Crippen molar-refractivity contribution in [2.45, 2.75) is 11.4 Å². The minimum absolute atomic E-state index is 0.295. The number of nitrogens with zero attached hydrogens (tertiary/aromatic N) is 1. The second kappa shape index (κ2) is 5.21. The summed E-state index contributed by atoms with van der Waals surface area (Å²) in [6.45, 7) is 0.874. The van der Waals surface area contributed by atoms with Crippen molar-refractivity contribution in [2.24, 2.45) is 4.99 Å². The lowest BCUT2D eigenvalue weighted by Crippen LogP contribution is -2.29. The van der Waals surface area contributed by atoms with E-state index in [0.29, 0.717) is 13.3 Å². The minimum atomic E-state index is 0.295. The van der Waals surface area contributed by atoms with Gasteiger partial charge in [0.05, 0.1) is 17.1 Å². The molecule has 0 radical (unpaired) electrons. The van der Waals surface area contributed by atoms with Crippen molar-refractivity contribution in [2.75, 3.05) is 12.1 Å². The Morgan fingerprint density at radius 3 is 3.00 bits per heavy atom. The van der Waals surface area contributed by atoms with Gasteiger partial charge in [0.25, 0.3) is 0 Å². The summed E-state index contributed by atoms with van der Waals surface area (Å²) < 4.78 is 13.9. The van der Waals surface area contributed by atoms with E-state index in [2.05, 4.69) is 21.1 Å². The molecule has 0 aliphatic carbocycles. The predicted octanol–water partition coefficient (Wildman–Crippen LogP) is 2.99. The number of fused-ring (bicyclic) bond motifs is 2. The fourth-order valence-electron chi connectivity index (χ4n) is 2.20. The van der Waals surface area contributed by atoms with Crippen molar-refractivity contribution in [1.29, 1.82) is 0 Å². The number of para-hydroxylation sites is 1. The number of ether oxygens (including phenoxy) is 2. The van der Waals surface area contributed by atoms with Crippen molar-refractivity contribution in [3.63, 3.8) is 0 Å². The zero-order valence-corrected chi connectivity index (χ0v) is 11.9. The predicted molar refractivity (Wildman–Crippen MR) is 82.8 cm³/mol. The number of rotatable bonds is 2. The zero-order chi connectivity index (χ0) is 14.1. The van der Waals surface area contributed by atoms with Crippen LogP contribution in [0.25, 0.3) is 0 Å². The van der Waals surface area contributed by atoms with Crippen LogP contribution in [0.2, 0.25) is 0 Å². The molecule has 0 atom stereocenters. The summed E-state index contributed by atoms with van der Waals surface area (Å²) in [6.07, 6.45) is 0. The molecule has 2 aliphatic heterocycles. The summed E-state index contributed by atoms with van der Waals surface area (Å²) in [5.74, 6) is 2.35. The third-order valence-electron chi connectivity index (χ3n) is 3.25. The van der Waals surface area contributed by atoms with E-state index in [0.717, 1.165) is 28.7 Å². The van der Waals surface area contributed by atoms with Crippen LogP contribution in [0.1, 0.15) is 5.56 Å². The first-order chi connectivity index (χ1) is 10.4. The third-order valence-corrected chi connectivity index (χ3v) is 4.13. The Labute approximate surface area is 126 Å². The first kappa shape index (κ1) is 12.4. The molecule has 2 aromatic rings. The molecule has 2 aliphatic rings. The van der Waals surface area contributed by atoms with Crippen LogP contribution in [-0.2, 0) is 6.54 Å². The highest BCUT2D eigenvalue weighted by molar-refractivity contribution is 7.98. The van der Waals surface area contributed by atoms with Gasteiger partial charge in [-0.2, -0.15) is 0 Å². The van der Waals surface area contributed by atoms with E-state index in [1.807, 2.05) is 36.4 Å². The lowest BCUT2D eigenvalue weighted by molar-refractivity contribution is 0.174. The average molecular weight is 299 g/mol. The highest BCUT2D eigenvalue weighted by atomic mass is 32.2. The van der Waals surface area contributed by atoms with Gasteiger partial charge in [0, 0.05) is 0 Å². The Morgan fingerprint density at radius 2 is 2.00 bits per heavy atom. The van der Waals surface area contributed by atoms with Crippen molar-refractivity contribution in [3.05, 3.63) is 48.0 Å². The van der Waals surface area contributed by atoms with Crippen LogP contribution >= 0.6 is 11.9 Å². The second-order valence-electron chi connectivity index (χ2n) is 4.68. The molecule has 2 heterocycles. The maximum absolute atomic E-state index is 5.37. The van der Waals surface area contributed by atoms with Crippen LogP contribution in [0.15, 0.2) is 52.4 Å². The van der Waals surface area contributed by atoms with Gasteiger partial charge in [0.15, 0.2) is 11.5 Å². The summed E-state index contributed by atoms with van der Waals surface area (Å²) in [5.41, 5.74) is 2.16. The molecule has 0 fully saturated rings. The van der Waals surface area contributed by atoms with Crippen LogP contribution in [0.5, 0.6) is 11.5 Å². The zero-order valence-electron chi connectivity index (χ0n) is 11.1. The van der Waals surface area contributed by atoms with Gasteiger partial charge >= 0.3 is 0 Å². The molecule has 2 N–H and O–H groups in total. The van der Waals surface area contributed by atoms with Crippen LogP contribution in [0.4, 0.5) is 5.69 Å². The first-order valence-corrected chi connectivity index (χ1v) is 7.42. The molecule has 21 heavy (non-hydrogen) atoms. The highest BCUT2D eigenvalue weighted by Crippen LogP contribution is 2.33. The molecule has 0 saturated carbocycles. The fourth-order valence-corrected chi connectivity index (χ4v) is 2.89. The van der Waals surface area contributed by atoms with Crippen LogP contribution < -0.4 is 19.5 Å². The number of benzene rings is 2. The Morgan fingerprint density at radius 1 is 1.10 bits per heavy atom. The lowest BCUT2D eigenvalue weighted by atomic mass is 10.2. The summed E-state index contributed by atoms with van der Waals surface area (Å²) in [6, 6.07) is 14.0. The molecule has 0 aromatic heterocycles. The van der Waals surface area contributed by atoms with Gasteiger partial charge in [-0.15, -0.1) is 0 Å². The maximum Gasteiger partial charge on any atom is 0.231 e. The monoisotopic (exact) mass is 299 g/mol. The van der Waals surface area contributed by atoms with Crippen molar-refractivity contribution in [1.82, 2.24) is 4.72 Å². The Hall–Kier alpha value is -2.34. The molecule has 6 heteroatoms. The molecule has 0 spiro atoms. The van der Waals surface area contributed by atoms with Gasteiger partial charge in [0.2, 0.25) is 12.8 Å². The quantitative estimate of drug-likeness (QED) is 0.835. The van der Waals surface area contributed by atoms with Gasteiger partial charge in [-0.05, 0) is 41.8 Å². The molecular formula is C15H13N3O2S. The average Bonchev–Trinajstić information content (AvgIpc) is 3.00. The van der Waals surface area contributed by atoms with Crippen LogP contribution in [0, 0.1) is 0 Å². The van der Waals surface area contributed by atoms with Crippen LogP contribution in [0.3, 0.4) is 0 Å². The van der Waals surface area contributed by atoms with Gasteiger partial charge in [-0.3, -0.25) is 4.72 Å². The molecule has 106 valence electrons. The number of aliphatic imine (C=N–C) groups is 1. The standard InChI is InChI=1S/C15H13N3O2S/c1-2-4-14-11(3-1)17-15(18-21-14)16-8-10-5-6-12-13(7-10)20-9-19-12/h1-7H,8-9H2,(H2,16,17,18). The van der Waals surface area contributed by atoms with E-state index in [-0.39, 0.29) is 0 Å². The normalized spacial score (nSPS) is 17.0. The van der Waals surface area contributed by atoms with Crippen molar-refractivity contribution in [3.8, 4) is 11.5 Å². The van der Waals surface area contributed by atoms with E-state index < -0.39 is 0 Å². The molecular weight excluding hydrogens is 286 g/mol. The van der Waals surface area contributed by atoms with E-state index in [9.17, 15) is 0 Å². The van der Waals surface area contributed by atoms with Gasteiger partial charge < -0.3 is 14.8 Å². The Bertz CT molecular complexity index is 718. The lowest BCUT2D eigenvalue weighted by Gasteiger charge is -2.20.